The molecule has 4 aromatic rings. The topological polar surface area (TPSA) is 77.8 Å². The van der Waals surface area contributed by atoms with Crippen LogP contribution >= 0.6 is 11.8 Å². The molecule has 0 amide bonds. The second-order valence-electron chi connectivity index (χ2n) is 6.50. The molecule has 2 heterocycles. The smallest absolute Gasteiger partial charge is 0.276 e. The summed E-state index contributed by atoms with van der Waals surface area (Å²) >= 11 is 1.54. The first-order chi connectivity index (χ1) is 13.7. The maximum Gasteiger partial charge on any atom is 0.276 e. The molecular formula is C21H20N4O2S. The first-order valence-electron chi connectivity index (χ1n) is 9.11. The highest BCUT2D eigenvalue weighted by atomic mass is 32.2. The van der Waals surface area contributed by atoms with Crippen molar-refractivity contribution in [1.29, 1.82) is 0 Å². The summed E-state index contributed by atoms with van der Waals surface area (Å²) in [5.74, 6) is 2.64. The van der Waals surface area contributed by atoms with E-state index in [0.717, 1.165) is 23.3 Å². The van der Waals surface area contributed by atoms with E-state index in [1.54, 1.807) is 0 Å². The largest absolute Gasteiger partial charge is 0.411 e. The highest BCUT2D eigenvalue weighted by Crippen LogP contribution is 2.25. The van der Waals surface area contributed by atoms with Crippen molar-refractivity contribution in [2.24, 2.45) is 0 Å². The number of thioether (sulfide) groups is 1. The van der Waals surface area contributed by atoms with Crippen LogP contribution in [-0.2, 0) is 6.42 Å². The van der Waals surface area contributed by atoms with E-state index >= 15 is 0 Å². The molecule has 0 aliphatic carbocycles. The zero-order chi connectivity index (χ0) is 19.3. The molecule has 2 aromatic heterocycles. The summed E-state index contributed by atoms with van der Waals surface area (Å²) in [6, 6.07) is 15.9. The average Bonchev–Trinajstić information content (AvgIpc) is 3.38. The fourth-order valence-corrected chi connectivity index (χ4v) is 3.40. The molecule has 0 unspecified atom stereocenters. The molecule has 0 aliphatic rings. The fraction of sp³-hybridized carbons (Fsp3) is 0.238. The van der Waals surface area contributed by atoms with Crippen LogP contribution in [0.15, 0.2) is 62.7 Å². The third-order valence-corrected chi connectivity index (χ3v) is 5.33. The normalized spacial score (nSPS) is 11.1. The van der Waals surface area contributed by atoms with Gasteiger partial charge in [0.1, 0.15) is 0 Å². The zero-order valence-electron chi connectivity index (χ0n) is 15.8. The van der Waals surface area contributed by atoms with Crippen molar-refractivity contribution in [3.8, 4) is 22.8 Å². The SMILES string of the molecule is Cc1ccc(-c2nnc(SCCCc3nc(-c4ccccc4)no3)o2)cc1C. The van der Waals surface area contributed by atoms with Crippen LogP contribution in [0.1, 0.15) is 23.4 Å². The lowest BCUT2D eigenvalue weighted by atomic mass is 10.1. The molecule has 0 atom stereocenters. The molecule has 0 N–H and O–H groups in total. The van der Waals surface area contributed by atoms with Gasteiger partial charge in [-0.2, -0.15) is 4.98 Å². The van der Waals surface area contributed by atoms with Crippen LogP contribution in [0.3, 0.4) is 0 Å². The van der Waals surface area contributed by atoms with Crippen molar-refractivity contribution in [3.63, 3.8) is 0 Å². The number of hydrogen-bond acceptors (Lipinski definition) is 7. The highest BCUT2D eigenvalue weighted by molar-refractivity contribution is 7.99. The van der Waals surface area contributed by atoms with Gasteiger partial charge in [-0.3, -0.25) is 0 Å². The van der Waals surface area contributed by atoms with Crippen molar-refractivity contribution in [2.75, 3.05) is 5.75 Å². The molecule has 142 valence electrons. The number of aromatic nitrogens is 4. The number of aryl methyl sites for hydroxylation is 3. The third kappa shape index (κ3) is 4.31. The maximum atomic E-state index is 5.77. The minimum Gasteiger partial charge on any atom is -0.411 e. The second-order valence-corrected chi connectivity index (χ2v) is 7.55. The van der Waals surface area contributed by atoms with Gasteiger partial charge in [-0.05, 0) is 43.5 Å². The monoisotopic (exact) mass is 392 g/mol. The molecule has 0 bridgehead atoms. The molecule has 6 nitrogen and oxygen atoms in total. The lowest BCUT2D eigenvalue weighted by Gasteiger charge is -2.00. The minimum atomic E-state index is 0.551. The van der Waals surface area contributed by atoms with Crippen molar-refractivity contribution < 1.29 is 8.94 Å². The third-order valence-electron chi connectivity index (χ3n) is 4.42. The first kappa shape index (κ1) is 18.4. The average molecular weight is 392 g/mol. The Morgan fingerprint density at radius 2 is 1.79 bits per heavy atom. The van der Waals surface area contributed by atoms with Crippen LogP contribution in [0.4, 0.5) is 0 Å². The molecule has 0 spiro atoms. The quantitative estimate of drug-likeness (QED) is 0.319. The van der Waals surface area contributed by atoms with E-state index in [-0.39, 0.29) is 0 Å². The highest BCUT2D eigenvalue weighted by Gasteiger charge is 2.11. The number of nitrogens with zero attached hydrogens (tertiary/aromatic N) is 4. The van der Waals surface area contributed by atoms with Crippen molar-refractivity contribution in [3.05, 3.63) is 65.5 Å². The summed E-state index contributed by atoms with van der Waals surface area (Å²) in [4.78, 5) is 4.45. The predicted octanol–water partition coefficient (Wildman–Crippen LogP) is 5.13. The van der Waals surface area contributed by atoms with Gasteiger partial charge in [-0.15, -0.1) is 10.2 Å². The molecule has 0 radical (unpaired) electrons. The summed E-state index contributed by atoms with van der Waals surface area (Å²) in [7, 11) is 0. The van der Waals surface area contributed by atoms with Gasteiger partial charge in [0.25, 0.3) is 5.22 Å². The van der Waals surface area contributed by atoms with E-state index in [9.17, 15) is 0 Å². The van der Waals surface area contributed by atoms with Gasteiger partial charge in [0.05, 0.1) is 0 Å². The van der Waals surface area contributed by atoms with E-state index in [0.29, 0.717) is 29.2 Å². The van der Waals surface area contributed by atoms with Gasteiger partial charge in [0.15, 0.2) is 0 Å². The standard InChI is InChI=1S/C21H20N4O2S/c1-14-10-11-17(13-15(14)2)20-23-24-21(26-20)28-12-6-9-18-22-19(25-27-18)16-7-4-3-5-8-16/h3-5,7-8,10-11,13H,6,9,12H2,1-2H3. The Hall–Kier alpha value is -2.93. The summed E-state index contributed by atoms with van der Waals surface area (Å²) in [6.07, 6.45) is 1.59. The molecule has 7 heteroatoms. The Labute approximate surface area is 167 Å². The van der Waals surface area contributed by atoms with Crippen molar-refractivity contribution in [2.45, 2.75) is 31.9 Å². The Bertz CT molecular complexity index is 1060. The van der Waals surface area contributed by atoms with Crippen LogP contribution in [0.2, 0.25) is 0 Å². The van der Waals surface area contributed by atoms with Crippen LogP contribution < -0.4 is 0 Å². The van der Waals surface area contributed by atoms with Crippen LogP contribution in [-0.4, -0.2) is 26.1 Å². The van der Waals surface area contributed by atoms with Crippen LogP contribution in [0.25, 0.3) is 22.8 Å². The molecule has 0 aliphatic heterocycles. The Morgan fingerprint density at radius 3 is 2.61 bits per heavy atom. The van der Waals surface area contributed by atoms with Gasteiger partial charge in [0, 0.05) is 23.3 Å². The lowest BCUT2D eigenvalue weighted by molar-refractivity contribution is 0.378. The summed E-state index contributed by atoms with van der Waals surface area (Å²) in [5, 5.41) is 12.9. The summed E-state index contributed by atoms with van der Waals surface area (Å²) in [5.41, 5.74) is 4.35. The van der Waals surface area contributed by atoms with Crippen molar-refractivity contribution in [1.82, 2.24) is 20.3 Å². The second kappa shape index (κ2) is 8.39. The summed E-state index contributed by atoms with van der Waals surface area (Å²) < 4.78 is 11.1. The van der Waals surface area contributed by atoms with Crippen LogP contribution in [0, 0.1) is 13.8 Å². The molecule has 2 aromatic carbocycles. The van der Waals surface area contributed by atoms with E-state index < -0.39 is 0 Å². The van der Waals surface area contributed by atoms with Crippen LogP contribution in [0.5, 0.6) is 0 Å². The predicted molar refractivity (Wildman–Crippen MR) is 108 cm³/mol. The van der Waals surface area contributed by atoms with Gasteiger partial charge in [0.2, 0.25) is 17.6 Å². The van der Waals surface area contributed by atoms with E-state index in [2.05, 4.69) is 46.3 Å². The Morgan fingerprint density at radius 1 is 0.929 bits per heavy atom. The van der Waals surface area contributed by atoms with E-state index in [1.165, 1.54) is 22.9 Å². The maximum absolute atomic E-state index is 5.77. The molecule has 4 rings (SSSR count). The molecule has 0 fully saturated rings. The molecule has 0 saturated heterocycles. The summed E-state index contributed by atoms with van der Waals surface area (Å²) in [6.45, 7) is 4.16. The van der Waals surface area contributed by atoms with Gasteiger partial charge >= 0.3 is 0 Å². The molecular weight excluding hydrogens is 372 g/mol. The van der Waals surface area contributed by atoms with Gasteiger partial charge in [-0.1, -0.05) is 53.3 Å². The zero-order valence-corrected chi connectivity index (χ0v) is 16.6. The molecule has 28 heavy (non-hydrogen) atoms. The van der Waals surface area contributed by atoms with E-state index in [1.807, 2.05) is 36.4 Å². The number of benzene rings is 2. The lowest BCUT2D eigenvalue weighted by Crippen LogP contribution is -1.88. The van der Waals surface area contributed by atoms with Crippen molar-refractivity contribution >= 4 is 11.8 Å². The van der Waals surface area contributed by atoms with Gasteiger partial charge in [-0.25, -0.2) is 0 Å². The Balaban J connectivity index is 1.29. The molecule has 0 saturated carbocycles. The fourth-order valence-electron chi connectivity index (χ4n) is 2.70. The Kier molecular flexibility index (Phi) is 5.53. The minimum absolute atomic E-state index is 0.551. The van der Waals surface area contributed by atoms with E-state index in [4.69, 9.17) is 8.94 Å². The number of rotatable bonds is 7. The van der Waals surface area contributed by atoms with Gasteiger partial charge < -0.3 is 8.94 Å². The number of hydrogen-bond donors (Lipinski definition) is 0. The first-order valence-corrected chi connectivity index (χ1v) is 10.1.